The van der Waals surface area contributed by atoms with Crippen LogP contribution in [0.3, 0.4) is 0 Å². The summed E-state index contributed by atoms with van der Waals surface area (Å²) in [5.74, 6) is -0.196. The zero-order valence-electron chi connectivity index (χ0n) is 12.0. The molecule has 0 aliphatic rings. The van der Waals surface area contributed by atoms with E-state index in [1.54, 1.807) is 12.1 Å². The van der Waals surface area contributed by atoms with E-state index in [1.807, 2.05) is 6.07 Å². The first kappa shape index (κ1) is 15.6. The number of carbonyl (C=O) groups is 1. The van der Waals surface area contributed by atoms with Crippen molar-refractivity contribution in [2.24, 2.45) is 0 Å². The van der Waals surface area contributed by atoms with Crippen molar-refractivity contribution in [3.05, 3.63) is 51.7 Å². The zero-order valence-corrected chi connectivity index (χ0v) is 12.8. The van der Waals surface area contributed by atoms with Crippen molar-refractivity contribution < 1.29 is 18.3 Å². The molecule has 2 nitrogen and oxygen atoms in total. The highest BCUT2D eigenvalue weighted by Crippen LogP contribution is 2.31. The van der Waals surface area contributed by atoms with E-state index in [-0.39, 0.29) is 16.9 Å². The molecule has 112 valence electrons. The van der Waals surface area contributed by atoms with E-state index in [0.29, 0.717) is 10.4 Å². The van der Waals surface area contributed by atoms with Crippen LogP contribution >= 0.6 is 11.3 Å². The molecule has 0 radical (unpaired) electrons. The molecule has 0 aliphatic carbocycles. The van der Waals surface area contributed by atoms with Gasteiger partial charge in [0.1, 0.15) is 5.75 Å². The van der Waals surface area contributed by atoms with Crippen LogP contribution in [0.1, 0.15) is 40.9 Å². The number of halogens is 2. The van der Waals surface area contributed by atoms with E-state index in [9.17, 15) is 13.6 Å². The molecular formula is C16H16F2O2S. The Bertz CT molecular complexity index is 642. The second-order valence-electron chi connectivity index (χ2n) is 5.65. The first-order valence-electron chi connectivity index (χ1n) is 6.47. The van der Waals surface area contributed by atoms with Crippen LogP contribution in [0.25, 0.3) is 0 Å². The molecule has 1 aromatic carbocycles. The summed E-state index contributed by atoms with van der Waals surface area (Å²) in [5, 5.41) is 0. The van der Waals surface area contributed by atoms with Crippen molar-refractivity contribution in [3.8, 4) is 5.75 Å². The minimum Gasteiger partial charge on any atom is -0.435 e. The van der Waals surface area contributed by atoms with Gasteiger partial charge in [0, 0.05) is 10.4 Å². The Morgan fingerprint density at radius 3 is 2.48 bits per heavy atom. The van der Waals surface area contributed by atoms with E-state index in [0.717, 1.165) is 4.88 Å². The van der Waals surface area contributed by atoms with E-state index < -0.39 is 6.61 Å². The lowest BCUT2D eigenvalue weighted by molar-refractivity contribution is -0.0498. The van der Waals surface area contributed by atoms with E-state index >= 15 is 0 Å². The number of hydrogen-bond acceptors (Lipinski definition) is 3. The molecule has 2 aromatic rings. The number of thiophene rings is 1. The molecule has 0 bridgehead atoms. The molecule has 0 spiro atoms. The largest absolute Gasteiger partial charge is 0.435 e. The molecule has 1 heterocycles. The fourth-order valence-electron chi connectivity index (χ4n) is 1.82. The number of ether oxygens (including phenoxy) is 1. The number of rotatable bonds is 4. The van der Waals surface area contributed by atoms with Crippen LogP contribution in [0.5, 0.6) is 5.75 Å². The molecule has 5 heteroatoms. The van der Waals surface area contributed by atoms with Crippen molar-refractivity contribution in [2.75, 3.05) is 0 Å². The number of ketones is 1. The second-order valence-corrected chi connectivity index (χ2v) is 6.73. The standard InChI is InChI=1S/C16H16F2O2S/c1-16(2,3)13-8-7-12(21-13)14(19)10-5-4-6-11(9-10)20-15(17)18/h4-9,15H,1-3H3. The molecule has 1 aromatic heterocycles. The maximum atomic E-state index is 12.4. The third-order valence-corrected chi connectivity index (χ3v) is 4.40. The summed E-state index contributed by atoms with van der Waals surface area (Å²) in [6, 6.07) is 9.56. The van der Waals surface area contributed by atoms with Crippen LogP contribution in [0, 0.1) is 0 Å². The number of benzene rings is 1. The van der Waals surface area contributed by atoms with Gasteiger partial charge in [-0.05, 0) is 29.7 Å². The summed E-state index contributed by atoms with van der Waals surface area (Å²) in [7, 11) is 0. The highest BCUT2D eigenvalue weighted by Gasteiger charge is 2.19. The third kappa shape index (κ3) is 3.88. The molecule has 0 atom stereocenters. The molecule has 0 N–H and O–H groups in total. The Morgan fingerprint density at radius 1 is 1.19 bits per heavy atom. The summed E-state index contributed by atoms with van der Waals surface area (Å²) < 4.78 is 28.7. The van der Waals surface area contributed by atoms with E-state index in [4.69, 9.17) is 0 Å². The normalized spacial score (nSPS) is 11.7. The predicted octanol–water partition coefficient (Wildman–Crippen LogP) is 4.88. The van der Waals surface area contributed by atoms with Crippen LogP contribution in [-0.4, -0.2) is 12.4 Å². The lowest BCUT2D eigenvalue weighted by atomic mass is 9.95. The van der Waals surface area contributed by atoms with Gasteiger partial charge in [-0.1, -0.05) is 32.9 Å². The minimum atomic E-state index is -2.90. The fraction of sp³-hybridized carbons (Fsp3) is 0.312. The summed E-state index contributed by atoms with van der Waals surface area (Å²) in [6.45, 7) is 3.32. The zero-order chi connectivity index (χ0) is 15.6. The van der Waals surface area contributed by atoms with E-state index in [1.165, 1.54) is 29.5 Å². The average Bonchev–Trinajstić information content (AvgIpc) is 2.86. The Balaban J connectivity index is 2.26. The van der Waals surface area contributed by atoms with Crippen LogP contribution in [0.15, 0.2) is 36.4 Å². The maximum Gasteiger partial charge on any atom is 0.387 e. The monoisotopic (exact) mass is 310 g/mol. The molecule has 0 saturated carbocycles. The van der Waals surface area contributed by atoms with Crippen LogP contribution in [0.2, 0.25) is 0 Å². The fourth-order valence-corrected chi connectivity index (χ4v) is 2.84. The van der Waals surface area contributed by atoms with Crippen LogP contribution in [-0.2, 0) is 5.41 Å². The topological polar surface area (TPSA) is 26.3 Å². The smallest absolute Gasteiger partial charge is 0.387 e. The van der Waals surface area contributed by atoms with E-state index in [2.05, 4.69) is 25.5 Å². The van der Waals surface area contributed by atoms with Crippen LogP contribution < -0.4 is 4.74 Å². The van der Waals surface area contributed by atoms with Crippen molar-refractivity contribution in [1.82, 2.24) is 0 Å². The highest BCUT2D eigenvalue weighted by molar-refractivity contribution is 7.14. The van der Waals surface area contributed by atoms with Crippen molar-refractivity contribution in [3.63, 3.8) is 0 Å². The summed E-state index contributed by atoms with van der Waals surface area (Å²) in [4.78, 5) is 14.1. The SMILES string of the molecule is CC(C)(C)c1ccc(C(=O)c2cccc(OC(F)F)c2)s1. The molecule has 0 aliphatic heterocycles. The van der Waals surface area contributed by atoms with Crippen molar-refractivity contribution in [2.45, 2.75) is 32.8 Å². The van der Waals surface area contributed by atoms with Gasteiger partial charge in [0.25, 0.3) is 0 Å². The van der Waals surface area contributed by atoms with Gasteiger partial charge in [-0.15, -0.1) is 11.3 Å². The number of carbonyl (C=O) groups excluding carboxylic acids is 1. The van der Waals surface area contributed by atoms with Gasteiger partial charge in [-0.2, -0.15) is 8.78 Å². The Labute approximate surface area is 126 Å². The Hall–Kier alpha value is -1.75. The molecule has 2 rings (SSSR count). The quantitative estimate of drug-likeness (QED) is 0.752. The first-order chi connectivity index (χ1) is 9.77. The molecule has 21 heavy (non-hydrogen) atoms. The summed E-state index contributed by atoms with van der Waals surface area (Å²) in [6.07, 6.45) is 0. The van der Waals surface area contributed by atoms with Crippen LogP contribution in [0.4, 0.5) is 8.78 Å². The van der Waals surface area contributed by atoms with Gasteiger partial charge in [0.2, 0.25) is 5.78 Å². The summed E-state index contributed by atoms with van der Waals surface area (Å²) >= 11 is 1.42. The maximum absolute atomic E-state index is 12.4. The molecular weight excluding hydrogens is 294 g/mol. The van der Waals surface area contributed by atoms with Gasteiger partial charge in [0.05, 0.1) is 4.88 Å². The van der Waals surface area contributed by atoms with Gasteiger partial charge < -0.3 is 4.74 Å². The van der Waals surface area contributed by atoms with Crippen molar-refractivity contribution in [1.29, 1.82) is 0 Å². The van der Waals surface area contributed by atoms with Gasteiger partial charge in [0.15, 0.2) is 0 Å². The molecule has 0 saturated heterocycles. The lowest BCUT2D eigenvalue weighted by Crippen LogP contribution is -2.08. The highest BCUT2D eigenvalue weighted by atomic mass is 32.1. The van der Waals surface area contributed by atoms with Gasteiger partial charge in [-0.3, -0.25) is 4.79 Å². The Kier molecular flexibility index (Phi) is 4.42. The number of hydrogen-bond donors (Lipinski definition) is 0. The summed E-state index contributed by atoms with van der Waals surface area (Å²) in [5.41, 5.74) is 0.319. The Morgan fingerprint density at radius 2 is 1.90 bits per heavy atom. The predicted molar refractivity (Wildman–Crippen MR) is 79.5 cm³/mol. The lowest BCUT2D eigenvalue weighted by Gasteiger charge is -2.15. The number of alkyl halides is 2. The van der Waals surface area contributed by atoms with Gasteiger partial charge in [-0.25, -0.2) is 0 Å². The third-order valence-electron chi connectivity index (χ3n) is 2.89. The average molecular weight is 310 g/mol. The molecule has 0 fully saturated rings. The van der Waals surface area contributed by atoms with Crippen molar-refractivity contribution >= 4 is 17.1 Å². The minimum absolute atomic E-state index is 0.0107. The van der Waals surface area contributed by atoms with Gasteiger partial charge >= 0.3 is 6.61 Å². The molecule has 0 unspecified atom stereocenters. The second kappa shape index (κ2) is 5.93. The molecule has 0 amide bonds. The first-order valence-corrected chi connectivity index (χ1v) is 7.29.